The van der Waals surface area contributed by atoms with Crippen LogP contribution in [0.5, 0.6) is 0 Å². The number of hydrogen-bond donors (Lipinski definition) is 1. The van der Waals surface area contributed by atoms with Crippen LogP contribution in [-0.2, 0) is 11.2 Å². The molecule has 2 aromatic carbocycles. The van der Waals surface area contributed by atoms with Crippen molar-refractivity contribution in [2.45, 2.75) is 6.42 Å². The SMILES string of the molecule is O=C1N/C(=C\c2cc3ccccc3nc2Cl)C(=O)N1CCc1ccccc1. The number of hydrogen-bond acceptors (Lipinski definition) is 3. The van der Waals surface area contributed by atoms with Gasteiger partial charge in [-0.1, -0.05) is 60.1 Å². The van der Waals surface area contributed by atoms with Gasteiger partial charge in [0.25, 0.3) is 5.91 Å². The number of rotatable bonds is 4. The Hall–Kier alpha value is -3.18. The Morgan fingerprint density at radius 3 is 2.59 bits per heavy atom. The summed E-state index contributed by atoms with van der Waals surface area (Å²) in [5, 5.41) is 3.82. The van der Waals surface area contributed by atoms with Crippen LogP contribution in [0, 0.1) is 0 Å². The van der Waals surface area contributed by atoms with E-state index in [0.717, 1.165) is 16.5 Å². The van der Waals surface area contributed by atoms with Crippen LogP contribution in [-0.4, -0.2) is 28.4 Å². The zero-order valence-electron chi connectivity index (χ0n) is 14.4. The maximum atomic E-state index is 12.6. The number of aromatic nitrogens is 1. The van der Waals surface area contributed by atoms with E-state index in [1.807, 2.05) is 60.7 Å². The maximum absolute atomic E-state index is 12.6. The molecule has 0 radical (unpaired) electrons. The number of nitrogens with zero attached hydrogens (tertiary/aromatic N) is 2. The van der Waals surface area contributed by atoms with Gasteiger partial charge in [-0.15, -0.1) is 0 Å². The van der Waals surface area contributed by atoms with Crippen molar-refractivity contribution in [3.8, 4) is 0 Å². The smallest absolute Gasteiger partial charge is 0.303 e. The highest BCUT2D eigenvalue weighted by atomic mass is 35.5. The Kier molecular flexibility index (Phi) is 4.60. The molecule has 1 aliphatic rings. The predicted octanol–water partition coefficient (Wildman–Crippen LogP) is 4.02. The summed E-state index contributed by atoms with van der Waals surface area (Å²) in [6, 6.07) is 18.7. The number of halogens is 1. The fourth-order valence-corrected chi connectivity index (χ4v) is 3.23. The van der Waals surface area contributed by atoms with Gasteiger partial charge in [-0.3, -0.25) is 9.69 Å². The zero-order valence-corrected chi connectivity index (χ0v) is 15.1. The number of carbonyl (C=O) groups is 2. The third-order valence-corrected chi connectivity index (χ3v) is 4.74. The van der Waals surface area contributed by atoms with Gasteiger partial charge < -0.3 is 5.32 Å². The molecule has 1 aliphatic heterocycles. The lowest BCUT2D eigenvalue weighted by atomic mass is 10.1. The van der Waals surface area contributed by atoms with E-state index in [1.165, 1.54) is 4.90 Å². The molecule has 0 unspecified atom stereocenters. The number of amides is 3. The largest absolute Gasteiger partial charge is 0.329 e. The summed E-state index contributed by atoms with van der Waals surface area (Å²) in [6.45, 7) is 0.315. The summed E-state index contributed by atoms with van der Waals surface area (Å²) in [5.74, 6) is -0.361. The molecule has 0 bridgehead atoms. The standard InChI is InChI=1S/C21H16ClN3O2/c22-19-16(12-15-8-4-5-9-17(15)23-19)13-18-20(26)25(21(27)24-18)11-10-14-6-2-1-3-7-14/h1-9,12-13H,10-11H2,(H,24,27)/b18-13-. The van der Waals surface area contributed by atoms with Crippen molar-refractivity contribution in [3.63, 3.8) is 0 Å². The van der Waals surface area contributed by atoms with Crippen molar-refractivity contribution in [2.75, 3.05) is 6.54 Å². The van der Waals surface area contributed by atoms with Crippen LogP contribution < -0.4 is 5.32 Å². The summed E-state index contributed by atoms with van der Waals surface area (Å²) in [5.41, 5.74) is 2.63. The van der Waals surface area contributed by atoms with Gasteiger partial charge in [0.05, 0.1) is 5.52 Å². The van der Waals surface area contributed by atoms with Gasteiger partial charge in [0.1, 0.15) is 10.9 Å². The fraction of sp³-hybridized carbons (Fsp3) is 0.0952. The van der Waals surface area contributed by atoms with Crippen LogP contribution >= 0.6 is 11.6 Å². The van der Waals surface area contributed by atoms with Crippen LogP contribution in [0.15, 0.2) is 66.4 Å². The second kappa shape index (κ2) is 7.21. The average Bonchev–Trinajstić information content (AvgIpc) is 2.94. The lowest BCUT2D eigenvalue weighted by molar-refractivity contribution is -0.122. The Morgan fingerprint density at radius 1 is 1.04 bits per heavy atom. The topological polar surface area (TPSA) is 62.3 Å². The third kappa shape index (κ3) is 3.55. The number of pyridine rings is 1. The molecule has 134 valence electrons. The molecule has 1 aromatic heterocycles. The van der Waals surface area contributed by atoms with Crippen molar-refractivity contribution >= 4 is 40.5 Å². The first-order chi connectivity index (χ1) is 13.1. The van der Waals surface area contributed by atoms with Crippen molar-refractivity contribution in [1.29, 1.82) is 0 Å². The van der Waals surface area contributed by atoms with Gasteiger partial charge in [0.15, 0.2) is 0 Å². The summed E-state index contributed by atoms with van der Waals surface area (Å²) in [4.78, 5) is 30.4. The summed E-state index contributed by atoms with van der Waals surface area (Å²) in [6.07, 6.45) is 2.18. The number of urea groups is 1. The molecule has 0 atom stereocenters. The monoisotopic (exact) mass is 377 g/mol. The van der Waals surface area contributed by atoms with Crippen LogP contribution in [0.2, 0.25) is 5.15 Å². The highest BCUT2D eigenvalue weighted by Gasteiger charge is 2.33. The normalized spacial score (nSPS) is 15.6. The summed E-state index contributed by atoms with van der Waals surface area (Å²) < 4.78 is 0. The number of imide groups is 1. The van der Waals surface area contributed by atoms with Gasteiger partial charge in [-0.2, -0.15) is 0 Å². The van der Waals surface area contributed by atoms with E-state index < -0.39 is 6.03 Å². The van der Waals surface area contributed by atoms with Gasteiger partial charge in [-0.05, 0) is 30.2 Å². The quantitative estimate of drug-likeness (QED) is 0.424. The molecule has 0 saturated carbocycles. The van der Waals surface area contributed by atoms with Gasteiger partial charge in [0, 0.05) is 17.5 Å². The Morgan fingerprint density at radius 2 is 1.78 bits per heavy atom. The molecule has 5 nitrogen and oxygen atoms in total. The average molecular weight is 378 g/mol. The van der Waals surface area contributed by atoms with Crippen molar-refractivity contribution in [1.82, 2.24) is 15.2 Å². The maximum Gasteiger partial charge on any atom is 0.329 e. The summed E-state index contributed by atoms with van der Waals surface area (Å²) in [7, 11) is 0. The molecule has 1 saturated heterocycles. The van der Waals surface area contributed by atoms with E-state index in [-0.39, 0.29) is 16.8 Å². The molecule has 0 spiro atoms. The zero-order chi connectivity index (χ0) is 18.8. The molecule has 27 heavy (non-hydrogen) atoms. The number of benzene rings is 2. The molecule has 4 rings (SSSR count). The Labute approximate surface area is 161 Å². The van der Waals surface area contributed by atoms with E-state index in [4.69, 9.17) is 11.6 Å². The highest BCUT2D eigenvalue weighted by Crippen LogP contribution is 2.24. The van der Waals surface area contributed by atoms with E-state index in [9.17, 15) is 9.59 Å². The van der Waals surface area contributed by atoms with Crippen LogP contribution in [0.4, 0.5) is 4.79 Å². The van der Waals surface area contributed by atoms with E-state index in [0.29, 0.717) is 18.5 Å². The molecule has 0 aliphatic carbocycles. The lowest BCUT2D eigenvalue weighted by Gasteiger charge is -2.11. The third-order valence-electron chi connectivity index (χ3n) is 4.43. The Balaban J connectivity index is 1.57. The first kappa shape index (κ1) is 17.2. The van der Waals surface area contributed by atoms with E-state index >= 15 is 0 Å². The van der Waals surface area contributed by atoms with Crippen molar-refractivity contribution in [2.24, 2.45) is 0 Å². The van der Waals surface area contributed by atoms with Gasteiger partial charge in [0.2, 0.25) is 0 Å². The van der Waals surface area contributed by atoms with E-state index in [2.05, 4.69) is 10.3 Å². The first-order valence-electron chi connectivity index (χ1n) is 8.55. The van der Waals surface area contributed by atoms with Gasteiger partial charge in [-0.25, -0.2) is 9.78 Å². The molecular weight excluding hydrogens is 362 g/mol. The molecule has 1 N–H and O–H groups in total. The molecule has 6 heteroatoms. The molecule has 1 fully saturated rings. The van der Waals surface area contributed by atoms with Crippen LogP contribution in [0.1, 0.15) is 11.1 Å². The minimum absolute atomic E-state index is 0.201. The van der Waals surface area contributed by atoms with E-state index in [1.54, 1.807) is 6.08 Å². The molecule has 3 aromatic rings. The molecule has 2 heterocycles. The number of nitrogens with one attached hydrogen (secondary N) is 1. The predicted molar refractivity (Wildman–Crippen MR) is 105 cm³/mol. The first-order valence-corrected chi connectivity index (χ1v) is 8.93. The second-order valence-corrected chi connectivity index (χ2v) is 6.60. The second-order valence-electron chi connectivity index (χ2n) is 6.24. The van der Waals surface area contributed by atoms with Crippen molar-refractivity contribution in [3.05, 3.63) is 82.6 Å². The highest BCUT2D eigenvalue weighted by molar-refractivity contribution is 6.31. The number of fused-ring (bicyclic) bond motifs is 1. The van der Waals surface area contributed by atoms with Crippen LogP contribution in [0.25, 0.3) is 17.0 Å². The van der Waals surface area contributed by atoms with Crippen molar-refractivity contribution < 1.29 is 9.59 Å². The lowest BCUT2D eigenvalue weighted by Crippen LogP contribution is -2.32. The van der Waals surface area contributed by atoms with Crippen LogP contribution in [0.3, 0.4) is 0 Å². The van der Waals surface area contributed by atoms with Gasteiger partial charge >= 0.3 is 6.03 Å². The minimum atomic E-state index is -0.424. The number of para-hydroxylation sites is 1. The number of carbonyl (C=O) groups excluding carboxylic acids is 2. The Bertz CT molecular complexity index is 1060. The molecular formula is C21H16ClN3O2. The minimum Gasteiger partial charge on any atom is -0.303 e. The molecule has 3 amide bonds. The summed E-state index contributed by atoms with van der Waals surface area (Å²) >= 11 is 6.25. The fourth-order valence-electron chi connectivity index (χ4n) is 3.03.